The van der Waals surface area contributed by atoms with Crippen LogP contribution in [0.5, 0.6) is 0 Å². The third-order valence-corrected chi connectivity index (χ3v) is 3.59. The summed E-state index contributed by atoms with van der Waals surface area (Å²) in [5.41, 5.74) is 0.814. The van der Waals surface area contributed by atoms with E-state index >= 15 is 0 Å². The van der Waals surface area contributed by atoms with Crippen molar-refractivity contribution in [3.63, 3.8) is 0 Å². The van der Waals surface area contributed by atoms with Gasteiger partial charge >= 0.3 is 0 Å². The molecule has 1 amide bonds. The summed E-state index contributed by atoms with van der Waals surface area (Å²) in [6.45, 7) is 0.852. The van der Waals surface area contributed by atoms with Crippen LogP contribution >= 0.6 is 0 Å². The molecule has 0 spiro atoms. The van der Waals surface area contributed by atoms with Crippen LogP contribution in [0.25, 0.3) is 5.69 Å². The molecule has 1 aromatic heterocycles. The molecule has 1 aromatic carbocycles. The van der Waals surface area contributed by atoms with Crippen molar-refractivity contribution in [3.8, 4) is 5.69 Å². The largest absolute Gasteiger partial charge is 0.325 e. The van der Waals surface area contributed by atoms with Gasteiger partial charge < -0.3 is 10.6 Å². The molecule has 1 fully saturated rings. The zero-order valence-electron chi connectivity index (χ0n) is 11.6. The Hall–Kier alpha value is -2.21. The predicted molar refractivity (Wildman–Crippen MR) is 77.8 cm³/mol. The quantitative estimate of drug-likeness (QED) is 0.909. The normalized spacial score (nSPS) is 18.4. The molecule has 0 saturated carbocycles. The summed E-state index contributed by atoms with van der Waals surface area (Å²) in [4.78, 5) is 12.1. The number of piperidine rings is 1. The van der Waals surface area contributed by atoms with E-state index in [-0.39, 0.29) is 11.9 Å². The van der Waals surface area contributed by atoms with Gasteiger partial charge in [-0.15, -0.1) is 0 Å². The number of halogens is 1. The summed E-state index contributed by atoms with van der Waals surface area (Å²) in [7, 11) is 0. The van der Waals surface area contributed by atoms with Crippen molar-refractivity contribution in [2.45, 2.75) is 25.3 Å². The molecular formula is C15H17FN4O. The number of amides is 1. The zero-order valence-corrected chi connectivity index (χ0v) is 11.6. The number of hydrogen-bond acceptors (Lipinski definition) is 3. The number of carbonyl (C=O) groups excluding carboxylic acids is 1. The van der Waals surface area contributed by atoms with Gasteiger partial charge in [0.25, 0.3) is 0 Å². The standard InChI is InChI=1S/C15H17FN4O/c16-12-10-11(5-6-14(12)20-9-3-8-18-20)19-15(21)13-4-1-2-7-17-13/h3,5-6,8-10,13,17H,1-2,4,7H2,(H,19,21). The lowest BCUT2D eigenvalue weighted by molar-refractivity contribution is -0.118. The van der Waals surface area contributed by atoms with Gasteiger partial charge in [-0.25, -0.2) is 9.07 Å². The van der Waals surface area contributed by atoms with E-state index in [0.717, 1.165) is 25.8 Å². The topological polar surface area (TPSA) is 59.0 Å². The molecule has 1 unspecified atom stereocenters. The first-order chi connectivity index (χ1) is 10.2. The molecule has 1 atom stereocenters. The highest BCUT2D eigenvalue weighted by Crippen LogP contribution is 2.18. The summed E-state index contributed by atoms with van der Waals surface area (Å²) >= 11 is 0. The number of carbonyl (C=O) groups is 1. The number of aromatic nitrogens is 2. The molecule has 21 heavy (non-hydrogen) atoms. The van der Waals surface area contributed by atoms with Crippen LogP contribution in [0, 0.1) is 5.82 Å². The van der Waals surface area contributed by atoms with Crippen LogP contribution in [0.4, 0.5) is 10.1 Å². The Kier molecular flexibility index (Phi) is 3.96. The summed E-state index contributed by atoms with van der Waals surface area (Å²) in [5, 5.41) is 9.91. The number of nitrogens with zero attached hydrogens (tertiary/aromatic N) is 2. The van der Waals surface area contributed by atoms with Crippen LogP contribution < -0.4 is 10.6 Å². The maximum Gasteiger partial charge on any atom is 0.241 e. The van der Waals surface area contributed by atoms with Gasteiger partial charge in [0.1, 0.15) is 5.69 Å². The molecule has 3 rings (SSSR count). The van der Waals surface area contributed by atoms with Gasteiger partial charge in [-0.2, -0.15) is 5.10 Å². The minimum absolute atomic E-state index is 0.110. The smallest absolute Gasteiger partial charge is 0.241 e. The molecule has 2 aromatic rings. The van der Waals surface area contributed by atoms with E-state index in [9.17, 15) is 9.18 Å². The molecule has 0 radical (unpaired) electrons. The summed E-state index contributed by atoms with van der Waals surface area (Å²) < 4.78 is 15.5. The van der Waals surface area contributed by atoms with Crippen molar-refractivity contribution in [2.75, 3.05) is 11.9 Å². The first-order valence-electron chi connectivity index (χ1n) is 7.08. The van der Waals surface area contributed by atoms with Crippen LogP contribution in [0.2, 0.25) is 0 Å². The SMILES string of the molecule is O=C(Nc1ccc(-n2cccn2)c(F)c1)C1CCCCN1. The predicted octanol–water partition coefficient (Wildman–Crippen LogP) is 2.09. The molecule has 6 heteroatoms. The van der Waals surface area contributed by atoms with E-state index in [2.05, 4.69) is 15.7 Å². The molecule has 110 valence electrons. The monoisotopic (exact) mass is 288 g/mol. The van der Waals surface area contributed by atoms with Gasteiger partial charge in [0.05, 0.1) is 6.04 Å². The van der Waals surface area contributed by atoms with Crippen LogP contribution in [-0.4, -0.2) is 28.3 Å². The Labute approximate surface area is 122 Å². The Morgan fingerprint density at radius 1 is 1.43 bits per heavy atom. The van der Waals surface area contributed by atoms with Crippen molar-refractivity contribution in [3.05, 3.63) is 42.5 Å². The Morgan fingerprint density at radius 2 is 2.33 bits per heavy atom. The van der Waals surface area contributed by atoms with Crippen molar-refractivity contribution in [1.82, 2.24) is 15.1 Å². The van der Waals surface area contributed by atoms with E-state index in [1.165, 1.54) is 10.7 Å². The summed E-state index contributed by atoms with van der Waals surface area (Å²) in [6, 6.07) is 6.14. The molecule has 1 aliphatic heterocycles. The van der Waals surface area contributed by atoms with E-state index in [1.54, 1.807) is 30.6 Å². The number of benzene rings is 1. The third-order valence-electron chi connectivity index (χ3n) is 3.59. The summed E-state index contributed by atoms with van der Waals surface area (Å²) in [5.74, 6) is -0.533. The Balaban J connectivity index is 1.72. The summed E-state index contributed by atoms with van der Waals surface area (Å²) in [6.07, 6.45) is 6.21. The van der Waals surface area contributed by atoms with E-state index < -0.39 is 5.82 Å². The van der Waals surface area contributed by atoms with E-state index in [4.69, 9.17) is 0 Å². The Bertz CT molecular complexity index is 621. The highest BCUT2D eigenvalue weighted by atomic mass is 19.1. The molecule has 2 N–H and O–H groups in total. The zero-order chi connectivity index (χ0) is 14.7. The van der Waals surface area contributed by atoms with Gasteiger partial charge in [-0.1, -0.05) is 6.42 Å². The maximum absolute atomic E-state index is 14.1. The average molecular weight is 288 g/mol. The average Bonchev–Trinajstić information content (AvgIpc) is 3.02. The second-order valence-corrected chi connectivity index (χ2v) is 5.11. The second kappa shape index (κ2) is 6.05. The molecule has 1 aliphatic rings. The molecule has 2 heterocycles. The van der Waals surface area contributed by atoms with Crippen LogP contribution in [0.1, 0.15) is 19.3 Å². The minimum atomic E-state index is -0.423. The highest BCUT2D eigenvalue weighted by molar-refractivity contribution is 5.94. The van der Waals surface area contributed by atoms with Crippen molar-refractivity contribution in [2.24, 2.45) is 0 Å². The van der Waals surface area contributed by atoms with E-state index in [0.29, 0.717) is 11.4 Å². The fourth-order valence-corrected chi connectivity index (χ4v) is 2.49. The first kappa shape index (κ1) is 13.8. The number of rotatable bonds is 3. The Morgan fingerprint density at radius 3 is 3.00 bits per heavy atom. The number of hydrogen-bond donors (Lipinski definition) is 2. The molecule has 0 bridgehead atoms. The lowest BCUT2D eigenvalue weighted by Crippen LogP contribution is -2.43. The second-order valence-electron chi connectivity index (χ2n) is 5.11. The van der Waals surface area contributed by atoms with Crippen LogP contribution in [0.15, 0.2) is 36.7 Å². The number of anilines is 1. The lowest BCUT2D eigenvalue weighted by atomic mass is 10.0. The van der Waals surface area contributed by atoms with Crippen molar-refractivity contribution < 1.29 is 9.18 Å². The third kappa shape index (κ3) is 3.11. The van der Waals surface area contributed by atoms with Gasteiger partial charge in [0, 0.05) is 18.1 Å². The first-order valence-corrected chi connectivity index (χ1v) is 7.08. The highest BCUT2D eigenvalue weighted by Gasteiger charge is 2.20. The lowest BCUT2D eigenvalue weighted by Gasteiger charge is -2.22. The van der Waals surface area contributed by atoms with Crippen LogP contribution in [-0.2, 0) is 4.79 Å². The fourth-order valence-electron chi connectivity index (χ4n) is 2.49. The van der Waals surface area contributed by atoms with Gasteiger partial charge in [0.2, 0.25) is 5.91 Å². The molecule has 0 aliphatic carbocycles. The fraction of sp³-hybridized carbons (Fsp3) is 0.333. The van der Waals surface area contributed by atoms with Crippen molar-refractivity contribution in [1.29, 1.82) is 0 Å². The van der Waals surface area contributed by atoms with E-state index in [1.807, 2.05) is 0 Å². The van der Waals surface area contributed by atoms with Gasteiger partial charge in [-0.05, 0) is 43.7 Å². The molecule has 1 saturated heterocycles. The van der Waals surface area contributed by atoms with Gasteiger partial charge in [-0.3, -0.25) is 4.79 Å². The minimum Gasteiger partial charge on any atom is -0.325 e. The number of nitrogens with one attached hydrogen (secondary N) is 2. The molecule has 5 nitrogen and oxygen atoms in total. The van der Waals surface area contributed by atoms with Gasteiger partial charge in [0.15, 0.2) is 5.82 Å². The van der Waals surface area contributed by atoms with Crippen molar-refractivity contribution >= 4 is 11.6 Å². The molecular weight excluding hydrogens is 271 g/mol. The van der Waals surface area contributed by atoms with Crippen LogP contribution in [0.3, 0.4) is 0 Å². The maximum atomic E-state index is 14.1.